The van der Waals surface area contributed by atoms with E-state index in [-0.39, 0.29) is 18.6 Å². The van der Waals surface area contributed by atoms with Crippen molar-refractivity contribution in [3.63, 3.8) is 0 Å². The van der Waals surface area contributed by atoms with E-state index in [1.807, 2.05) is 24.3 Å². The van der Waals surface area contributed by atoms with Crippen molar-refractivity contribution in [3.05, 3.63) is 29.8 Å². The first-order valence-corrected chi connectivity index (χ1v) is 6.46. The molecule has 2 unspecified atom stereocenters. The first kappa shape index (κ1) is 13.1. The lowest BCUT2D eigenvalue weighted by Gasteiger charge is -2.27. The van der Waals surface area contributed by atoms with Gasteiger partial charge in [-0.2, -0.15) is 0 Å². The molecule has 3 N–H and O–H groups in total. The molecule has 0 radical (unpaired) electrons. The van der Waals surface area contributed by atoms with Crippen molar-refractivity contribution >= 4 is 11.6 Å². The van der Waals surface area contributed by atoms with Crippen LogP contribution < -0.4 is 10.6 Å². The number of hydrogen-bond donors (Lipinski definition) is 3. The fourth-order valence-corrected chi connectivity index (χ4v) is 2.27. The van der Waals surface area contributed by atoms with Crippen LogP contribution in [0.3, 0.4) is 0 Å². The number of carbonyl (C=O) groups excluding carboxylic acids is 1. The molecule has 0 spiro atoms. The molecule has 1 aliphatic rings. The van der Waals surface area contributed by atoms with Crippen LogP contribution in [0.1, 0.15) is 31.7 Å². The van der Waals surface area contributed by atoms with Crippen LogP contribution in [-0.2, 0) is 11.4 Å². The lowest BCUT2D eigenvalue weighted by molar-refractivity contribution is -0.118. The zero-order valence-electron chi connectivity index (χ0n) is 10.6. The SMILES string of the molecule is CC1CCCC(C(=O)Nc2ccc(CO)cc2)N1. The minimum atomic E-state index is -0.0914. The number of anilines is 1. The number of aliphatic hydroxyl groups excluding tert-OH is 1. The third-order valence-corrected chi connectivity index (χ3v) is 3.34. The van der Waals surface area contributed by atoms with Gasteiger partial charge in [-0.15, -0.1) is 0 Å². The van der Waals surface area contributed by atoms with Crippen LogP contribution in [0.25, 0.3) is 0 Å². The van der Waals surface area contributed by atoms with Crippen molar-refractivity contribution in [1.82, 2.24) is 5.32 Å². The zero-order chi connectivity index (χ0) is 13.0. The Morgan fingerprint density at radius 1 is 1.39 bits per heavy atom. The molecule has 1 amide bonds. The molecule has 0 aromatic heterocycles. The van der Waals surface area contributed by atoms with Gasteiger partial charge in [0.05, 0.1) is 12.6 Å². The third kappa shape index (κ3) is 3.31. The maximum absolute atomic E-state index is 12.0. The van der Waals surface area contributed by atoms with Gasteiger partial charge in [-0.05, 0) is 43.9 Å². The molecule has 2 rings (SSSR count). The van der Waals surface area contributed by atoms with Crippen LogP contribution in [0.4, 0.5) is 5.69 Å². The quantitative estimate of drug-likeness (QED) is 0.762. The monoisotopic (exact) mass is 248 g/mol. The van der Waals surface area contributed by atoms with Gasteiger partial charge in [0.1, 0.15) is 0 Å². The van der Waals surface area contributed by atoms with Crippen LogP contribution in [-0.4, -0.2) is 23.1 Å². The first-order chi connectivity index (χ1) is 8.69. The molecule has 1 heterocycles. The summed E-state index contributed by atoms with van der Waals surface area (Å²) in [5.41, 5.74) is 1.62. The Balaban J connectivity index is 1.93. The molecule has 0 saturated carbocycles. The fraction of sp³-hybridized carbons (Fsp3) is 0.500. The molecule has 2 atom stereocenters. The summed E-state index contributed by atoms with van der Waals surface area (Å²) < 4.78 is 0. The van der Waals surface area contributed by atoms with Crippen molar-refractivity contribution in [2.45, 2.75) is 44.9 Å². The molecule has 1 aromatic carbocycles. The Morgan fingerprint density at radius 2 is 2.11 bits per heavy atom. The molecule has 1 saturated heterocycles. The highest BCUT2D eigenvalue weighted by atomic mass is 16.3. The van der Waals surface area contributed by atoms with E-state index in [2.05, 4.69) is 17.6 Å². The van der Waals surface area contributed by atoms with Gasteiger partial charge in [0.25, 0.3) is 0 Å². The number of hydrogen-bond acceptors (Lipinski definition) is 3. The van der Waals surface area contributed by atoms with E-state index in [1.165, 1.54) is 0 Å². The summed E-state index contributed by atoms with van der Waals surface area (Å²) in [6, 6.07) is 7.57. The lowest BCUT2D eigenvalue weighted by Crippen LogP contribution is -2.47. The highest BCUT2D eigenvalue weighted by Crippen LogP contribution is 2.15. The van der Waals surface area contributed by atoms with Crippen molar-refractivity contribution in [3.8, 4) is 0 Å². The van der Waals surface area contributed by atoms with E-state index >= 15 is 0 Å². The molecule has 1 fully saturated rings. The van der Waals surface area contributed by atoms with E-state index in [0.29, 0.717) is 6.04 Å². The molecule has 0 aliphatic carbocycles. The maximum atomic E-state index is 12.0. The normalized spacial score (nSPS) is 23.7. The van der Waals surface area contributed by atoms with Gasteiger partial charge in [0.15, 0.2) is 0 Å². The smallest absolute Gasteiger partial charge is 0.241 e. The third-order valence-electron chi connectivity index (χ3n) is 3.34. The second-order valence-corrected chi connectivity index (χ2v) is 4.90. The molecular formula is C14H20N2O2. The van der Waals surface area contributed by atoms with Crippen LogP contribution in [0.5, 0.6) is 0 Å². The van der Waals surface area contributed by atoms with Gasteiger partial charge in [-0.3, -0.25) is 4.79 Å². The highest BCUT2D eigenvalue weighted by molar-refractivity contribution is 5.94. The summed E-state index contributed by atoms with van der Waals surface area (Å²) in [4.78, 5) is 12.0. The van der Waals surface area contributed by atoms with Crippen LogP contribution in [0.15, 0.2) is 24.3 Å². The van der Waals surface area contributed by atoms with Crippen LogP contribution >= 0.6 is 0 Å². The maximum Gasteiger partial charge on any atom is 0.241 e. The number of piperidine rings is 1. The standard InChI is InChI=1S/C14H20N2O2/c1-10-3-2-4-13(15-10)14(18)16-12-7-5-11(9-17)6-8-12/h5-8,10,13,15,17H,2-4,9H2,1H3,(H,16,18). The molecular weight excluding hydrogens is 228 g/mol. The van der Waals surface area contributed by atoms with Crippen molar-refractivity contribution in [1.29, 1.82) is 0 Å². The average Bonchev–Trinajstić information content (AvgIpc) is 2.39. The zero-order valence-corrected chi connectivity index (χ0v) is 10.6. The summed E-state index contributed by atoms with van der Waals surface area (Å²) in [6.07, 6.45) is 3.12. The lowest BCUT2D eigenvalue weighted by atomic mass is 9.99. The molecule has 1 aromatic rings. The number of amides is 1. The molecule has 0 bridgehead atoms. The van der Waals surface area contributed by atoms with Gasteiger partial charge in [-0.1, -0.05) is 12.1 Å². The second-order valence-electron chi connectivity index (χ2n) is 4.90. The number of nitrogens with one attached hydrogen (secondary N) is 2. The van der Waals surface area contributed by atoms with Gasteiger partial charge in [-0.25, -0.2) is 0 Å². The van der Waals surface area contributed by atoms with Crippen molar-refractivity contribution < 1.29 is 9.90 Å². The highest BCUT2D eigenvalue weighted by Gasteiger charge is 2.23. The molecule has 1 aliphatic heterocycles. The Morgan fingerprint density at radius 3 is 2.72 bits per heavy atom. The molecule has 4 heteroatoms. The average molecular weight is 248 g/mol. The second kappa shape index (κ2) is 5.98. The first-order valence-electron chi connectivity index (χ1n) is 6.46. The van der Waals surface area contributed by atoms with E-state index in [0.717, 1.165) is 30.5 Å². The Bertz CT molecular complexity index is 403. The van der Waals surface area contributed by atoms with Gasteiger partial charge >= 0.3 is 0 Å². The fourth-order valence-electron chi connectivity index (χ4n) is 2.27. The minimum Gasteiger partial charge on any atom is -0.392 e. The summed E-state index contributed by atoms with van der Waals surface area (Å²) in [6.45, 7) is 2.13. The summed E-state index contributed by atoms with van der Waals surface area (Å²) in [5.74, 6) is 0.0262. The number of benzene rings is 1. The van der Waals surface area contributed by atoms with Crippen molar-refractivity contribution in [2.75, 3.05) is 5.32 Å². The molecule has 98 valence electrons. The number of aliphatic hydroxyl groups is 1. The Kier molecular flexibility index (Phi) is 4.33. The Labute approximate surface area is 107 Å². The summed E-state index contributed by atoms with van der Waals surface area (Å²) in [5, 5.41) is 15.2. The number of carbonyl (C=O) groups is 1. The van der Waals surface area contributed by atoms with Crippen molar-refractivity contribution in [2.24, 2.45) is 0 Å². The predicted molar refractivity (Wildman–Crippen MR) is 71.2 cm³/mol. The predicted octanol–water partition coefficient (Wildman–Crippen LogP) is 1.65. The van der Waals surface area contributed by atoms with Gasteiger partial charge in [0, 0.05) is 11.7 Å². The Hall–Kier alpha value is -1.39. The van der Waals surface area contributed by atoms with Crippen LogP contribution in [0.2, 0.25) is 0 Å². The van der Waals surface area contributed by atoms with Gasteiger partial charge in [0.2, 0.25) is 5.91 Å². The summed E-state index contributed by atoms with van der Waals surface area (Å²) in [7, 11) is 0. The van der Waals surface area contributed by atoms with E-state index in [1.54, 1.807) is 0 Å². The van der Waals surface area contributed by atoms with E-state index < -0.39 is 0 Å². The van der Waals surface area contributed by atoms with E-state index in [9.17, 15) is 4.79 Å². The summed E-state index contributed by atoms with van der Waals surface area (Å²) >= 11 is 0. The number of rotatable bonds is 3. The topological polar surface area (TPSA) is 61.4 Å². The molecule has 18 heavy (non-hydrogen) atoms. The van der Waals surface area contributed by atoms with Crippen LogP contribution in [0, 0.1) is 0 Å². The van der Waals surface area contributed by atoms with E-state index in [4.69, 9.17) is 5.11 Å². The van der Waals surface area contributed by atoms with Gasteiger partial charge < -0.3 is 15.7 Å². The molecule has 4 nitrogen and oxygen atoms in total. The minimum absolute atomic E-state index is 0.0237. The largest absolute Gasteiger partial charge is 0.392 e.